The van der Waals surface area contributed by atoms with E-state index < -0.39 is 0 Å². The van der Waals surface area contributed by atoms with Crippen molar-refractivity contribution < 1.29 is 9.14 Å². The highest BCUT2D eigenvalue weighted by molar-refractivity contribution is 7.22. The average molecular weight is 359 g/mol. The predicted octanol–water partition coefficient (Wildman–Crippen LogP) is 3.42. The summed E-state index contributed by atoms with van der Waals surface area (Å²) in [6.45, 7) is 0. The molecule has 4 aromatic rings. The lowest BCUT2D eigenvalue weighted by molar-refractivity contribution is -0.467. The van der Waals surface area contributed by atoms with E-state index in [9.17, 15) is 0 Å². The number of benzene rings is 2. The second-order valence-corrected chi connectivity index (χ2v) is 6.54. The minimum Gasteiger partial charge on any atom is -0.497 e. The van der Waals surface area contributed by atoms with Crippen molar-refractivity contribution in [2.75, 3.05) is 18.2 Å². The molecule has 0 saturated heterocycles. The number of nitrogens with one attached hydrogen (secondary N) is 1. The van der Waals surface area contributed by atoms with Crippen LogP contribution in [0.25, 0.3) is 15.2 Å². The highest BCUT2D eigenvalue weighted by Gasteiger charge is 2.20. The van der Waals surface area contributed by atoms with Gasteiger partial charge in [0.2, 0.25) is 0 Å². The third kappa shape index (κ3) is 2.57. The van der Waals surface area contributed by atoms with Gasteiger partial charge in [-0.15, -0.1) is 0 Å². The van der Waals surface area contributed by atoms with Gasteiger partial charge in [0, 0.05) is 11.1 Å². The number of nitrogens with two attached hydrogens (primary N) is 1. The number of hydrogen-bond donors (Lipinski definition) is 2. The standard InChI is InChI=1S/C16H12ClN5OS/c1-23-11-6-7-12-13(8-11)24-16-21-14(18)20-15(22(12)16)19-10-4-2-9(17)3-5-10/h2-8H,1H3,(H2,18,19,20)/p+1. The minimum absolute atomic E-state index is 0.213. The summed E-state index contributed by atoms with van der Waals surface area (Å²) in [5.41, 5.74) is 7.70. The molecule has 4 rings (SSSR count). The highest BCUT2D eigenvalue weighted by atomic mass is 35.5. The first-order chi connectivity index (χ1) is 11.6. The van der Waals surface area contributed by atoms with Crippen LogP contribution >= 0.6 is 22.9 Å². The van der Waals surface area contributed by atoms with Gasteiger partial charge in [-0.05, 0) is 36.4 Å². The Morgan fingerprint density at radius 3 is 2.71 bits per heavy atom. The molecule has 0 unspecified atom stereocenters. The van der Waals surface area contributed by atoms with Gasteiger partial charge in [-0.3, -0.25) is 5.32 Å². The molecule has 0 saturated carbocycles. The summed E-state index contributed by atoms with van der Waals surface area (Å²) in [6, 6.07) is 13.2. The quantitative estimate of drug-likeness (QED) is 0.549. The summed E-state index contributed by atoms with van der Waals surface area (Å²) >= 11 is 7.46. The van der Waals surface area contributed by atoms with E-state index >= 15 is 0 Å². The van der Waals surface area contributed by atoms with Crippen LogP contribution in [-0.4, -0.2) is 17.1 Å². The number of nitrogens with zero attached hydrogens (tertiary/aromatic N) is 3. The number of thiazole rings is 1. The van der Waals surface area contributed by atoms with Crippen LogP contribution in [0, 0.1) is 0 Å². The molecule has 8 heteroatoms. The third-order valence-corrected chi connectivity index (χ3v) is 4.80. The zero-order valence-corrected chi connectivity index (χ0v) is 14.2. The zero-order valence-electron chi connectivity index (χ0n) is 12.7. The van der Waals surface area contributed by atoms with Crippen LogP contribution < -0.4 is 20.2 Å². The normalized spacial score (nSPS) is 11.1. The van der Waals surface area contributed by atoms with E-state index in [1.165, 1.54) is 11.3 Å². The molecule has 24 heavy (non-hydrogen) atoms. The number of methoxy groups -OCH3 is 1. The molecular formula is C16H13ClN5OS+. The fourth-order valence-corrected chi connectivity index (χ4v) is 3.62. The molecule has 0 atom stereocenters. The first-order valence-corrected chi connectivity index (χ1v) is 8.32. The van der Waals surface area contributed by atoms with Crippen LogP contribution in [0.2, 0.25) is 5.02 Å². The lowest BCUT2D eigenvalue weighted by Gasteiger charge is -2.02. The van der Waals surface area contributed by atoms with Gasteiger partial charge in [-0.2, -0.15) is 4.40 Å². The van der Waals surface area contributed by atoms with Crippen LogP contribution in [0.4, 0.5) is 17.6 Å². The maximum atomic E-state index is 5.94. The lowest BCUT2D eigenvalue weighted by Crippen LogP contribution is -2.27. The van der Waals surface area contributed by atoms with E-state index in [-0.39, 0.29) is 5.95 Å². The Balaban J connectivity index is 1.91. The molecule has 2 aromatic heterocycles. The Bertz CT molecular complexity index is 1050. The van der Waals surface area contributed by atoms with E-state index in [0.29, 0.717) is 11.0 Å². The third-order valence-electron chi connectivity index (χ3n) is 3.54. The lowest BCUT2D eigenvalue weighted by atomic mass is 10.3. The molecule has 0 spiro atoms. The zero-order chi connectivity index (χ0) is 16.7. The maximum absolute atomic E-state index is 5.94. The highest BCUT2D eigenvalue weighted by Crippen LogP contribution is 2.27. The molecule has 0 bridgehead atoms. The molecule has 120 valence electrons. The number of halogens is 1. The van der Waals surface area contributed by atoms with E-state index in [1.807, 2.05) is 46.9 Å². The van der Waals surface area contributed by atoms with Crippen molar-refractivity contribution >= 4 is 55.7 Å². The van der Waals surface area contributed by atoms with Gasteiger partial charge in [-0.25, -0.2) is 0 Å². The first-order valence-electron chi connectivity index (χ1n) is 7.12. The van der Waals surface area contributed by atoms with Gasteiger partial charge in [0.05, 0.1) is 17.5 Å². The SMILES string of the molecule is COc1ccc2c(c1)sc1nc(N)nc(Nc3ccc(Cl)cc3)[n+]12. The van der Waals surface area contributed by atoms with Gasteiger partial charge in [0.1, 0.15) is 11.3 Å². The number of rotatable bonds is 3. The molecule has 2 aromatic carbocycles. The Morgan fingerprint density at radius 1 is 1.17 bits per heavy atom. The summed E-state index contributed by atoms with van der Waals surface area (Å²) in [5.74, 6) is 1.60. The van der Waals surface area contributed by atoms with Crippen molar-refractivity contribution in [3.63, 3.8) is 0 Å². The number of ether oxygens (including phenoxy) is 1. The summed E-state index contributed by atoms with van der Waals surface area (Å²) in [7, 11) is 1.65. The molecule has 0 aliphatic rings. The second-order valence-electron chi connectivity index (χ2n) is 5.09. The number of hydrogen-bond acceptors (Lipinski definition) is 6. The van der Waals surface area contributed by atoms with Crippen LogP contribution in [0.3, 0.4) is 0 Å². The van der Waals surface area contributed by atoms with Crippen LogP contribution in [0.1, 0.15) is 0 Å². The summed E-state index contributed by atoms with van der Waals surface area (Å²) in [6.07, 6.45) is 0. The molecule has 0 aliphatic carbocycles. The van der Waals surface area contributed by atoms with Gasteiger partial charge in [0.25, 0.3) is 0 Å². The predicted molar refractivity (Wildman–Crippen MR) is 96.3 cm³/mol. The smallest absolute Gasteiger partial charge is 0.362 e. The van der Waals surface area contributed by atoms with Crippen LogP contribution in [-0.2, 0) is 0 Å². The second kappa shape index (κ2) is 5.77. The molecule has 0 fully saturated rings. The van der Waals surface area contributed by atoms with Crippen LogP contribution in [0.15, 0.2) is 42.5 Å². The largest absolute Gasteiger partial charge is 0.497 e. The molecule has 6 nitrogen and oxygen atoms in total. The van der Waals surface area contributed by atoms with E-state index in [1.54, 1.807) is 7.11 Å². The minimum atomic E-state index is 0.213. The molecule has 3 N–H and O–H groups in total. The Kier molecular flexibility index (Phi) is 3.59. The van der Waals surface area contributed by atoms with Crippen molar-refractivity contribution in [3.05, 3.63) is 47.5 Å². The van der Waals surface area contributed by atoms with Crippen molar-refractivity contribution in [2.24, 2.45) is 0 Å². The number of nitrogen functional groups attached to an aromatic ring is 1. The van der Waals surface area contributed by atoms with Crippen molar-refractivity contribution in [3.8, 4) is 5.75 Å². The van der Waals surface area contributed by atoms with Gasteiger partial charge < -0.3 is 10.5 Å². The Morgan fingerprint density at radius 2 is 1.96 bits per heavy atom. The Labute approximate surface area is 146 Å². The molecule has 0 aliphatic heterocycles. The van der Waals surface area contributed by atoms with Crippen molar-refractivity contribution in [2.45, 2.75) is 0 Å². The summed E-state index contributed by atoms with van der Waals surface area (Å²) in [4.78, 5) is 9.43. The molecule has 0 radical (unpaired) electrons. The fourth-order valence-electron chi connectivity index (χ4n) is 2.44. The maximum Gasteiger partial charge on any atom is 0.362 e. The van der Waals surface area contributed by atoms with Gasteiger partial charge in [-0.1, -0.05) is 32.9 Å². The van der Waals surface area contributed by atoms with Crippen molar-refractivity contribution in [1.29, 1.82) is 0 Å². The van der Waals surface area contributed by atoms with E-state index in [0.717, 1.165) is 26.6 Å². The molecule has 2 heterocycles. The van der Waals surface area contributed by atoms with E-state index in [2.05, 4.69) is 15.3 Å². The number of fused-ring (bicyclic) bond motifs is 3. The average Bonchev–Trinajstić information content (AvgIpc) is 2.93. The monoisotopic (exact) mass is 358 g/mol. The molecular weight excluding hydrogens is 346 g/mol. The number of anilines is 3. The van der Waals surface area contributed by atoms with Crippen LogP contribution in [0.5, 0.6) is 5.75 Å². The fraction of sp³-hybridized carbons (Fsp3) is 0.0625. The topological polar surface area (TPSA) is 77.2 Å². The summed E-state index contributed by atoms with van der Waals surface area (Å²) in [5, 5.41) is 3.95. The Hall–Kier alpha value is -2.64. The summed E-state index contributed by atoms with van der Waals surface area (Å²) < 4.78 is 8.26. The number of aromatic nitrogens is 3. The van der Waals surface area contributed by atoms with E-state index in [4.69, 9.17) is 22.1 Å². The van der Waals surface area contributed by atoms with Gasteiger partial charge in [0.15, 0.2) is 0 Å². The molecule has 0 amide bonds. The first kappa shape index (κ1) is 14.9. The van der Waals surface area contributed by atoms with Gasteiger partial charge >= 0.3 is 16.9 Å². The van der Waals surface area contributed by atoms with Crippen molar-refractivity contribution in [1.82, 2.24) is 9.97 Å².